The predicted molar refractivity (Wildman–Crippen MR) is 76.1 cm³/mol. The van der Waals surface area contributed by atoms with E-state index in [0.29, 0.717) is 5.92 Å². The number of nitrogens with two attached hydrogens (primary N) is 1. The summed E-state index contributed by atoms with van der Waals surface area (Å²) in [6.07, 6.45) is 2.20. The van der Waals surface area contributed by atoms with Crippen molar-refractivity contribution in [2.24, 2.45) is 11.7 Å². The average Bonchev–Trinajstić information content (AvgIpc) is 2.78. The van der Waals surface area contributed by atoms with E-state index in [2.05, 4.69) is 30.0 Å². The first kappa shape index (κ1) is 13.4. The van der Waals surface area contributed by atoms with E-state index in [0.717, 1.165) is 32.7 Å². The standard InChI is InChI=1S/C15H24N2O/c1-12-9-13(5-7-16)3-4-15(12)17-8-6-14(10-17)11-18-2/h3-4,9,14H,5-8,10-11,16H2,1-2H3. The molecule has 1 aliphatic rings. The minimum atomic E-state index is 0.679. The second kappa shape index (κ2) is 6.21. The fourth-order valence-corrected chi connectivity index (χ4v) is 2.82. The van der Waals surface area contributed by atoms with Gasteiger partial charge in [-0.3, -0.25) is 0 Å². The van der Waals surface area contributed by atoms with E-state index < -0.39 is 0 Å². The molecule has 18 heavy (non-hydrogen) atoms. The van der Waals surface area contributed by atoms with E-state index in [1.807, 2.05) is 0 Å². The smallest absolute Gasteiger partial charge is 0.0508 e. The SMILES string of the molecule is COCC1CCN(c2ccc(CCN)cc2C)C1. The van der Waals surface area contributed by atoms with Crippen LogP contribution in [0, 0.1) is 12.8 Å². The Kier molecular flexibility index (Phi) is 4.61. The third-order valence-electron chi connectivity index (χ3n) is 3.72. The van der Waals surface area contributed by atoms with Crippen LogP contribution in [0.25, 0.3) is 0 Å². The fraction of sp³-hybridized carbons (Fsp3) is 0.600. The van der Waals surface area contributed by atoms with Crippen LogP contribution in [0.1, 0.15) is 17.5 Å². The third-order valence-corrected chi connectivity index (χ3v) is 3.72. The van der Waals surface area contributed by atoms with Crippen molar-refractivity contribution in [1.82, 2.24) is 0 Å². The summed E-state index contributed by atoms with van der Waals surface area (Å²) in [6, 6.07) is 6.72. The Bertz CT molecular complexity index is 392. The molecule has 1 unspecified atom stereocenters. The quantitative estimate of drug-likeness (QED) is 0.866. The number of benzene rings is 1. The number of aryl methyl sites for hydroxylation is 1. The molecule has 1 saturated heterocycles. The van der Waals surface area contributed by atoms with Crippen molar-refractivity contribution in [2.45, 2.75) is 19.8 Å². The van der Waals surface area contributed by atoms with E-state index in [4.69, 9.17) is 10.5 Å². The Hall–Kier alpha value is -1.06. The molecule has 1 fully saturated rings. The monoisotopic (exact) mass is 248 g/mol. The topological polar surface area (TPSA) is 38.5 Å². The van der Waals surface area contributed by atoms with Gasteiger partial charge in [0.15, 0.2) is 0 Å². The number of rotatable bonds is 5. The Morgan fingerprint density at radius 3 is 2.94 bits per heavy atom. The lowest BCUT2D eigenvalue weighted by molar-refractivity contribution is 0.161. The molecule has 1 atom stereocenters. The van der Waals surface area contributed by atoms with Crippen LogP contribution in [-0.4, -0.2) is 33.4 Å². The lowest BCUT2D eigenvalue weighted by Crippen LogP contribution is -2.21. The van der Waals surface area contributed by atoms with Gasteiger partial charge in [0, 0.05) is 31.8 Å². The van der Waals surface area contributed by atoms with Gasteiger partial charge in [-0.1, -0.05) is 12.1 Å². The summed E-state index contributed by atoms with van der Waals surface area (Å²) in [7, 11) is 1.79. The van der Waals surface area contributed by atoms with Gasteiger partial charge < -0.3 is 15.4 Å². The van der Waals surface area contributed by atoms with Crippen molar-refractivity contribution in [3.05, 3.63) is 29.3 Å². The second-order valence-electron chi connectivity index (χ2n) is 5.22. The maximum atomic E-state index is 5.60. The molecule has 0 amide bonds. The van der Waals surface area contributed by atoms with Crippen molar-refractivity contribution in [3.8, 4) is 0 Å². The van der Waals surface area contributed by atoms with E-state index >= 15 is 0 Å². The summed E-state index contributed by atoms with van der Waals surface area (Å²) in [5.74, 6) is 0.679. The molecule has 3 nitrogen and oxygen atoms in total. The third kappa shape index (κ3) is 3.03. The molecule has 2 N–H and O–H groups in total. The summed E-state index contributed by atoms with van der Waals surface area (Å²) < 4.78 is 5.25. The van der Waals surface area contributed by atoms with E-state index in [9.17, 15) is 0 Å². The van der Waals surface area contributed by atoms with Crippen LogP contribution in [0.3, 0.4) is 0 Å². The van der Waals surface area contributed by atoms with Gasteiger partial charge in [0.25, 0.3) is 0 Å². The zero-order chi connectivity index (χ0) is 13.0. The lowest BCUT2D eigenvalue weighted by atomic mass is 10.1. The molecule has 3 heteroatoms. The molecule has 1 aromatic rings. The molecule has 0 spiro atoms. The first-order chi connectivity index (χ1) is 8.74. The predicted octanol–water partition coefficient (Wildman–Crippen LogP) is 1.97. The van der Waals surface area contributed by atoms with E-state index in [1.54, 1.807) is 7.11 Å². The molecule has 0 radical (unpaired) electrons. The van der Waals surface area contributed by atoms with Crippen molar-refractivity contribution in [2.75, 3.05) is 38.3 Å². The largest absolute Gasteiger partial charge is 0.384 e. The summed E-state index contributed by atoms with van der Waals surface area (Å²) in [5, 5.41) is 0. The highest BCUT2D eigenvalue weighted by Gasteiger charge is 2.23. The maximum Gasteiger partial charge on any atom is 0.0508 e. The Labute approximate surface area is 110 Å². The van der Waals surface area contributed by atoms with Crippen LogP contribution in [0.2, 0.25) is 0 Å². The highest BCUT2D eigenvalue weighted by molar-refractivity contribution is 5.55. The van der Waals surface area contributed by atoms with E-state index in [1.165, 1.54) is 23.2 Å². The number of anilines is 1. The number of ether oxygens (including phenoxy) is 1. The van der Waals surface area contributed by atoms with Gasteiger partial charge in [-0.25, -0.2) is 0 Å². The average molecular weight is 248 g/mol. The zero-order valence-electron chi connectivity index (χ0n) is 11.5. The van der Waals surface area contributed by atoms with Crippen molar-refractivity contribution in [3.63, 3.8) is 0 Å². The summed E-state index contributed by atoms with van der Waals surface area (Å²) in [5.41, 5.74) is 9.67. The summed E-state index contributed by atoms with van der Waals surface area (Å²) in [6.45, 7) is 6.05. The van der Waals surface area contributed by atoms with Crippen molar-refractivity contribution < 1.29 is 4.74 Å². The van der Waals surface area contributed by atoms with Crippen LogP contribution in [-0.2, 0) is 11.2 Å². The lowest BCUT2D eigenvalue weighted by Gasteiger charge is -2.21. The first-order valence-electron chi connectivity index (χ1n) is 6.78. The summed E-state index contributed by atoms with van der Waals surface area (Å²) in [4.78, 5) is 2.48. The minimum absolute atomic E-state index is 0.679. The van der Waals surface area contributed by atoms with Gasteiger partial charge in [0.1, 0.15) is 0 Å². The number of hydrogen-bond acceptors (Lipinski definition) is 3. The van der Waals surface area contributed by atoms with Crippen LogP contribution in [0.15, 0.2) is 18.2 Å². The number of methoxy groups -OCH3 is 1. The molecule has 0 bridgehead atoms. The normalized spacial score (nSPS) is 19.5. The Morgan fingerprint density at radius 2 is 2.28 bits per heavy atom. The Morgan fingerprint density at radius 1 is 1.44 bits per heavy atom. The highest BCUT2D eigenvalue weighted by atomic mass is 16.5. The molecule has 1 aromatic carbocycles. The van der Waals surface area contributed by atoms with Gasteiger partial charge in [-0.2, -0.15) is 0 Å². The summed E-state index contributed by atoms with van der Waals surface area (Å²) >= 11 is 0. The second-order valence-corrected chi connectivity index (χ2v) is 5.22. The zero-order valence-corrected chi connectivity index (χ0v) is 11.5. The molecule has 0 aromatic heterocycles. The van der Waals surface area contributed by atoms with Crippen LogP contribution < -0.4 is 10.6 Å². The van der Waals surface area contributed by atoms with Crippen LogP contribution in [0.5, 0.6) is 0 Å². The number of hydrogen-bond donors (Lipinski definition) is 1. The van der Waals surface area contributed by atoms with Crippen molar-refractivity contribution >= 4 is 5.69 Å². The molecule has 100 valence electrons. The molecule has 1 aliphatic heterocycles. The van der Waals surface area contributed by atoms with Gasteiger partial charge in [0.2, 0.25) is 0 Å². The molecule has 2 rings (SSSR count). The minimum Gasteiger partial charge on any atom is -0.384 e. The van der Waals surface area contributed by atoms with Gasteiger partial charge in [-0.15, -0.1) is 0 Å². The molecular formula is C15H24N2O. The number of nitrogens with zero attached hydrogens (tertiary/aromatic N) is 1. The van der Waals surface area contributed by atoms with Crippen LogP contribution >= 0.6 is 0 Å². The van der Waals surface area contributed by atoms with Gasteiger partial charge >= 0.3 is 0 Å². The Balaban J connectivity index is 2.05. The van der Waals surface area contributed by atoms with E-state index in [-0.39, 0.29) is 0 Å². The fourth-order valence-electron chi connectivity index (χ4n) is 2.82. The van der Waals surface area contributed by atoms with Crippen LogP contribution in [0.4, 0.5) is 5.69 Å². The molecule has 1 heterocycles. The molecule has 0 saturated carbocycles. The first-order valence-corrected chi connectivity index (χ1v) is 6.78. The molecular weight excluding hydrogens is 224 g/mol. The van der Waals surface area contributed by atoms with Gasteiger partial charge in [-0.05, 0) is 43.5 Å². The highest BCUT2D eigenvalue weighted by Crippen LogP contribution is 2.27. The van der Waals surface area contributed by atoms with Crippen molar-refractivity contribution in [1.29, 1.82) is 0 Å². The molecule has 0 aliphatic carbocycles. The van der Waals surface area contributed by atoms with Gasteiger partial charge in [0.05, 0.1) is 6.61 Å². The maximum absolute atomic E-state index is 5.60.